The van der Waals surface area contributed by atoms with Gasteiger partial charge in [-0.25, -0.2) is 0 Å². The standard InChI is InChI=1S/C14H22N4O2/c1-14(2,13(15)17-20)9-16-12(19)10-6-5-7-11(8-10)18(3)4/h5-8,20H,9H2,1-4H3,(H2,15,17)(H,16,19). The van der Waals surface area contributed by atoms with Crippen LogP contribution in [-0.4, -0.2) is 37.6 Å². The highest BCUT2D eigenvalue weighted by Gasteiger charge is 2.24. The van der Waals surface area contributed by atoms with Crippen LogP contribution in [0.3, 0.4) is 0 Å². The quantitative estimate of drug-likeness (QED) is 0.327. The number of amides is 1. The summed E-state index contributed by atoms with van der Waals surface area (Å²) in [5.41, 5.74) is 6.50. The molecule has 0 fully saturated rings. The van der Waals surface area contributed by atoms with E-state index in [2.05, 4.69) is 10.5 Å². The van der Waals surface area contributed by atoms with Crippen LogP contribution >= 0.6 is 0 Å². The van der Waals surface area contributed by atoms with Gasteiger partial charge in [-0.1, -0.05) is 25.1 Å². The van der Waals surface area contributed by atoms with Crippen LogP contribution in [0.5, 0.6) is 0 Å². The molecule has 0 aromatic heterocycles. The van der Waals surface area contributed by atoms with Gasteiger partial charge in [0.15, 0.2) is 0 Å². The average molecular weight is 278 g/mol. The van der Waals surface area contributed by atoms with Crippen molar-refractivity contribution in [3.05, 3.63) is 29.8 Å². The number of rotatable bonds is 5. The smallest absolute Gasteiger partial charge is 0.251 e. The zero-order valence-corrected chi connectivity index (χ0v) is 12.3. The third-order valence-electron chi connectivity index (χ3n) is 3.12. The van der Waals surface area contributed by atoms with E-state index < -0.39 is 5.41 Å². The molecule has 0 saturated carbocycles. The van der Waals surface area contributed by atoms with Crippen molar-refractivity contribution in [2.24, 2.45) is 16.3 Å². The number of nitrogens with zero attached hydrogens (tertiary/aromatic N) is 2. The van der Waals surface area contributed by atoms with Crippen molar-refractivity contribution in [3.63, 3.8) is 0 Å². The molecule has 6 nitrogen and oxygen atoms in total. The van der Waals surface area contributed by atoms with Gasteiger partial charge in [0, 0.05) is 37.3 Å². The lowest BCUT2D eigenvalue weighted by atomic mass is 9.92. The van der Waals surface area contributed by atoms with Crippen LogP contribution < -0.4 is 16.0 Å². The van der Waals surface area contributed by atoms with Crippen molar-refractivity contribution in [1.82, 2.24) is 5.32 Å². The van der Waals surface area contributed by atoms with E-state index in [1.165, 1.54) is 0 Å². The van der Waals surface area contributed by atoms with E-state index in [9.17, 15) is 4.79 Å². The molecule has 0 radical (unpaired) electrons. The molecule has 0 saturated heterocycles. The van der Waals surface area contributed by atoms with Crippen molar-refractivity contribution >= 4 is 17.4 Å². The Morgan fingerprint density at radius 2 is 2.10 bits per heavy atom. The molecule has 1 amide bonds. The summed E-state index contributed by atoms with van der Waals surface area (Å²) < 4.78 is 0. The molecule has 110 valence electrons. The SMILES string of the molecule is CN(C)c1cccc(C(=O)NCC(C)(C)/C(N)=N/O)c1. The lowest BCUT2D eigenvalue weighted by Gasteiger charge is -2.23. The molecule has 1 rings (SSSR count). The van der Waals surface area contributed by atoms with Gasteiger partial charge in [-0.2, -0.15) is 0 Å². The minimum Gasteiger partial charge on any atom is -0.409 e. The number of carbonyl (C=O) groups is 1. The third kappa shape index (κ3) is 3.88. The van der Waals surface area contributed by atoms with Gasteiger partial charge in [0.1, 0.15) is 5.84 Å². The van der Waals surface area contributed by atoms with Crippen molar-refractivity contribution in [3.8, 4) is 0 Å². The minimum atomic E-state index is -0.608. The van der Waals surface area contributed by atoms with Crippen LogP contribution in [0.25, 0.3) is 0 Å². The van der Waals surface area contributed by atoms with E-state index in [4.69, 9.17) is 10.9 Å². The van der Waals surface area contributed by atoms with E-state index in [0.717, 1.165) is 5.69 Å². The van der Waals surface area contributed by atoms with Crippen LogP contribution in [0, 0.1) is 5.41 Å². The summed E-state index contributed by atoms with van der Waals surface area (Å²) in [6.45, 7) is 3.87. The first-order valence-corrected chi connectivity index (χ1v) is 6.31. The van der Waals surface area contributed by atoms with Gasteiger partial charge < -0.3 is 21.2 Å². The Morgan fingerprint density at radius 1 is 1.45 bits per heavy atom. The number of carbonyl (C=O) groups excluding carboxylic acids is 1. The van der Waals surface area contributed by atoms with Gasteiger partial charge in [-0.05, 0) is 18.2 Å². The zero-order valence-electron chi connectivity index (χ0n) is 12.3. The predicted molar refractivity (Wildman–Crippen MR) is 80.3 cm³/mol. The second kappa shape index (κ2) is 6.27. The number of nitrogens with one attached hydrogen (secondary N) is 1. The Bertz CT molecular complexity index is 510. The fourth-order valence-electron chi connectivity index (χ4n) is 1.55. The molecule has 0 aliphatic carbocycles. The largest absolute Gasteiger partial charge is 0.409 e. The van der Waals surface area contributed by atoms with E-state index >= 15 is 0 Å². The first-order valence-electron chi connectivity index (χ1n) is 6.31. The summed E-state index contributed by atoms with van der Waals surface area (Å²) in [7, 11) is 3.83. The van der Waals surface area contributed by atoms with Gasteiger partial charge >= 0.3 is 0 Å². The molecule has 6 heteroatoms. The maximum absolute atomic E-state index is 12.1. The Morgan fingerprint density at radius 3 is 2.65 bits per heavy atom. The number of hydrogen-bond acceptors (Lipinski definition) is 4. The van der Waals surface area contributed by atoms with Crippen LogP contribution in [0.1, 0.15) is 24.2 Å². The van der Waals surface area contributed by atoms with E-state index in [-0.39, 0.29) is 18.3 Å². The van der Waals surface area contributed by atoms with Gasteiger partial charge in [0.25, 0.3) is 5.91 Å². The van der Waals surface area contributed by atoms with Crippen LogP contribution in [0.4, 0.5) is 5.69 Å². The molecule has 0 spiro atoms. The van der Waals surface area contributed by atoms with E-state index in [1.54, 1.807) is 19.9 Å². The lowest BCUT2D eigenvalue weighted by molar-refractivity contribution is 0.0944. The summed E-state index contributed by atoms with van der Waals surface area (Å²) in [5.74, 6) is -0.104. The second-order valence-corrected chi connectivity index (χ2v) is 5.50. The van der Waals surface area contributed by atoms with Crippen LogP contribution in [0.2, 0.25) is 0 Å². The normalized spacial score (nSPS) is 12.1. The molecule has 0 aliphatic heterocycles. The van der Waals surface area contributed by atoms with Gasteiger partial charge in [0.05, 0.1) is 0 Å². The lowest BCUT2D eigenvalue weighted by Crippen LogP contribution is -2.42. The molecule has 1 aromatic carbocycles. The van der Waals surface area contributed by atoms with Gasteiger partial charge in [-0.3, -0.25) is 4.79 Å². The molecular weight excluding hydrogens is 256 g/mol. The Balaban J connectivity index is 2.75. The predicted octanol–water partition coefficient (Wildman–Crippen LogP) is 1.25. The molecule has 0 aliphatic rings. The van der Waals surface area contributed by atoms with Crippen molar-refractivity contribution < 1.29 is 10.0 Å². The fourth-order valence-corrected chi connectivity index (χ4v) is 1.55. The van der Waals surface area contributed by atoms with E-state index in [0.29, 0.717) is 5.56 Å². The summed E-state index contributed by atoms with van der Waals surface area (Å²) in [6.07, 6.45) is 0. The molecule has 0 bridgehead atoms. The van der Waals surface area contributed by atoms with Gasteiger partial charge in [0.2, 0.25) is 0 Å². The van der Waals surface area contributed by atoms with E-state index in [1.807, 2.05) is 37.2 Å². The number of oxime groups is 1. The highest BCUT2D eigenvalue weighted by Crippen LogP contribution is 2.15. The number of anilines is 1. The summed E-state index contributed by atoms with van der Waals surface area (Å²) >= 11 is 0. The second-order valence-electron chi connectivity index (χ2n) is 5.50. The average Bonchev–Trinajstić information content (AvgIpc) is 2.43. The number of benzene rings is 1. The third-order valence-corrected chi connectivity index (χ3v) is 3.12. The summed E-state index contributed by atoms with van der Waals surface area (Å²) in [5, 5.41) is 14.5. The maximum Gasteiger partial charge on any atom is 0.251 e. The Hall–Kier alpha value is -2.24. The molecule has 1 aromatic rings. The van der Waals surface area contributed by atoms with Crippen molar-refractivity contribution in [1.29, 1.82) is 0 Å². The number of nitrogens with two attached hydrogens (primary N) is 1. The molecule has 0 heterocycles. The Labute approximate surface area is 119 Å². The fraction of sp³-hybridized carbons (Fsp3) is 0.429. The highest BCUT2D eigenvalue weighted by atomic mass is 16.4. The monoisotopic (exact) mass is 278 g/mol. The van der Waals surface area contributed by atoms with Crippen molar-refractivity contribution in [2.45, 2.75) is 13.8 Å². The summed E-state index contributed by atoms with van der Waals surface area (Å²) in [4.78, 5) is 14.0. The first kappa shape index (κ1) is 15.8. The van der Waals surface area contributed by atoms with Gasteiger partial charge in [-0.15, -0.1) is 0 Å². The first-order chi connectivity index (χ1) is 9.27. The maximum atomic E-state index is 12.1. The highest BCUT2D eigenvalue weighted by molar-refractivity contribution is 5.95. The molecule has 0 atom stereocenters. The van der Waals surface area contributed by atoms with Crippen molar-refractivity contribution in [2.75, 3.05) is 25.5 Å². The topological polar surface area (TPSA) is 91.0 Å². The molecule has 20 heavy (non-hydrogen) atoms. The minimum absolute atomic E-state index is 0.0832. The number of hydrogen-bond donors (Lipinski definition) is 3. The molecule has 4 N–H and O–H groups in total. The van der Waals surface area contributed by atoms with Crippen LogP contribution in [0.15, 0.2) is 29.4 Å². The van der Waals surface area contributed by atoms with Crippen LogP contribution in [-0.2, 0) is 0 Å². The Kier molecular flexibility index (Phi) is 4.96. The molecular formula is C14H22N4O2. The summed E-state index contributed by atoms with van der Waals surface area (Å²) in [6, 6.07) is 7.32. The zero-order chi connectivity index (χ0) is 15.3. The number of amidine groups is 1. The molecule has 0 unspecified atom stereocenters.